The van der Waals surface area contributed by atoms with Crippen molar-refractivity contribution < 1.29 is 17.9 Å². The smallest absolute Gasteiger partial charge is 0.251 e. The fraction of sp³-hybridized carbons (Fsp3) is 0.316. The molecule has 7 heteroatoms. The third-order valence-corrected chi connectivity index (χ3v) is 5.22. The molecule has 6 nitrogen and oxygen atoms in total. The van der Waals surface area contributed by atoms with E-state index in [-0.39, 0.29) is 25.5 Å². The van der Waals surface area contributed by atoms with Crippen LogP contribution in [-0.2, 0) is 16.6 Å². The number of para-hydroxylation sites is 1. The maximum Gasteiger partial charge on any atom is 0.251 e. The van der Waals surface area contributed by atoms with Gasteiger partial charge in [0.2, 0.25) is 10.0 Å². The normalized spacial score (nSPS) is 11.4. The van der Waals surface area contributed by atoms with Crippen molar-refractivity contribution >= 4 is 15.9 Å². The van der Waals surface area contributed by atoms with Gasteiger partial charge in [-0.25, -0.2) is 8.42 Å². The number of aryl methyl sites for hydroxylation is 1. The molecule has 1 N–H and O–H groups in total. The maximum absolute atomic E-state index is 12.1. The Kier molecular flexibility index (Phi) is 6.76. The van der Waals surface area contributed by atoms with Crippen LogP contribution in [0.15, 0.2) is 48.5 Å². The first-order valence-corrected chi connectivity index (χ1v) is 10.1. The van der Waals surface area contributed by atoms with Gasteiger partial charge in [0.05, 0.1) is 13.4 Å². The summed E-state index contributed by atoms with van der Waals surface area (Å²) >= 11 is 0. The largest absolute Gasteiger partial charge is 0.496 e. The molecule has 0 radical (unpaired) electrons. The molecule has 0 unspecified atom stereocenters. The number of amides is 1. The Balaban J connectivity index is 2.00. The molecule has 26 heavy (non-hydrogen) atoms. The number of nitrogens with one attached hydrogen (secondary N) is 1. The molecule has 0 atom stereocenters. The van der Waals surface area contributed by atoms with Gasteiger partial charge in [0.25, 0.3) is 5.91 Å². The molecule has 0 aliphatic rings. The second-order valence-electron chi connectivity index (χ2n) is 6.03. The number of hydrogen-bond donors (Lipinski definition) is 1. The Morgan fingerprint density at radius 1 is 1.12 bits per heavy atom. The Labute approximate surface area is 154 Å². The summed E-state index contributed by atoms with van der Waals surface area (Å²) in [5.74, 6) is 0.403. The topological polar surface area (TPSA) is 75.7 Å². The molecule has 0 bridgehead atoms. The third-order valence-electron chi connectivity index (χ3n) is 3.97. The van der Waals surface area contributed by atoms with E-state index < -0.39 is 10.0 Å². The molecule has 0 aliphatic heterocycles. The molecular weight excluding hydrogens is 352 g/mol. The molecule has 0 aromatic heterocycles. The molecule has 2 aromatic rings. The highest BCUT2D eigenvalue weighted by Gasteiger charge is 2.19. The van der Waals surface area contributed by atoms with E-state index in [1.54, 1.807) is 25.3 Å². The van der Waals surface area contributed by atoms with Gasteiger partial charge in [-0.1, -0.05) is 35.9 Å². The lowest BCUT2D eigenvalue weighted by Crippen LogP contribution is -2.37. The number of hydrogen-bond acceptors (Lipinski definition) is 4. The summed E-state index contributed by atoms with van der Waals surface area (Å²) in [7, 11) is -1.88. The van der Waals surface area contributed by atoms with Crippen LogP contribution in [0.1, 0.15) is 21.5 Å². The summed E-state index contributed by atoms with van der Waals surface area (Å²) in [6.07, 6.45) is 1.16. The molecule has 0 saturated heterocycles. The van der Waals surface area contributed by atoms with Crippen LogP contribution < -0.4 is 10.1 Å². The van der Waals surface area contributed by atoms with Crippen molar-refractivity contribution in [3.63, 3.8) is 0 Å². The van der Waals surface area contributed by atoms with Crippen LogP contribution in [0.25, 0.3) is 0 Å². The average Bonchev–Trinajstić information content (AvgIpc) is 2.60. The van der Waals surface area contributed by atoms with Crippen LogP contribution >= 0.6 is 0 Å². The Morgan fingerprint density at radius 3 is 2.38 bits per heavy atom. The molecule has 140 valence electrons. The van der Waals surface area contributed by atoms with E-state index in [9.17, 15) is 13.2 Å². The summed E-state index contributed by atoms with van der Waals surface area (Å²) < 4.78 is 30.8. The van der Waals surface area contributed by atoms with Crippen LogP contribution in [0.3, 0.4) is 0 Å². The highest BCUT2D eigenvalue weighted by molar-refractivity contribution is 7.88. The highest BCUT2D eigenvalue weighted by atomic mass is 32.2. The van der Waals surface area contributed by atoms with Crippen molar-refractivity contribution in [2.24, 2.45) is 0 Å². The van der Waals surface area contributed by atoms with Gasteiger partial charge < -0.3 is 10.1 Å². The summed E-state index contributed by atoms with van der Waals surface area (Å²) in [6.45, 7) is 2.52. The van der Waals surface area contributed by atoms with Crippen molar-refractivity contribution in [2.45, 2.75) is 13.5 Å². The van der Waals surface area contributed by atoms with Crippen molar-refractivity contribution in [3.05, 3.63) is 65.2 Å². The minimum Gasteiger partial charge on any atom is -0.496 e. The number of methoxy groups -OCH3 is 1. The van der Waals surface area contributed by atoms with Gasteiger partial charge in [-0.2, -0.15) is 4.31 Å². The molecule has 0 aliphatic carbocycles. The number of nitrogens with zero attached hydrogens (tertiary/aromatic N) is 1. The zero-order chi connectivity index (χ0) is 19.2. The van der Waals surface area contributed by atoms with E-state index in [0.717, 1.165) is 17.4 Å². The quantitative estimate of drug-likeness (QED) is 0.766. The molecule has 0 heterocycles. The lowest BCUT2D eigenvalue weighted by molar-refractivity contribution is 0.0951. The zero-order valence-electron chi connectivity index (χ0n) is 15.2. The number of rotatable bonds is 8. The van der Waals surface area contributed by atoms with Gasteiger partial charge in [0, 0.05) is 30.8 Å². The lowest BCUT2D eigenvalue weighted by Gasteiger charge is -2.21. The first kappa shape index (κ1) is 19.9. The van der Waals surface area contributed by atoms with Crippen LogP contribution in [-0.4, -0.2) is 45.1 Å². The van der Waals surface area contributed by atoms with E-state index in [0.29, 0.717) is 11.3 Å². The van der Waals surface area contributed by atoms with Gasteiger partial charge in [-0.3, -0.25) is 4.79 Å². The van der Waals surface area contributed by atoms with E-state index in [2.05, 4.69) is 5.32 Å². The van der Waals surface area contributed by atoms with Crippen LogP contribution in [0.2, 0.25) is 0 Å². The number of benzene rings is 2. The predicted molar refractivity (Wildman–Crippen MR) is 102 cm³/mol. The van der Waals surface area contributed by atoms with E-state index >= 15 is 0 Å². The molecule has 0 saturated carbocycles. The molecule has 0 spiro atoms. The number of carbonyl (C=O) groups is 1. The average molecular weight is 376 g/mol. The Morgan fingerprint density at radius 2 is 1.77 bits per heavy atom. The van der Waals surface area contributed by atoms with E-state index in [4.69, 9.17) is 4.74 Å². The maximum atomic E-state index is 12.1. The monoisotopic (exact) mass is 376 g/mol. The van der Waals surface area contributed by atoms with E-state index in [1.807, 2.05) is 37.3 Å². The van der Waals surface area contributed by atoms with Gasteiger partial charge in [-0.15, -0.1) is 0 Å². The first-order valence-electron chi connectivity index (χ1n) is 8.23. The zero-order valence-corrected chi connectivity index (χ0v) is 16.0. The molecule has 1 amide bonds. The van der Waals surface area contributed by atoms with Crippen molar-refractivity contribution in [1.82, 2.24) is 9.62 Å². The summed E-state index contributed by atoms with van der Waals surface area (Å²) in [4.78, 5) is 12.1. The number of carbonyl (C=O) groups excluding carboxylic acids is 1. The molecule has 2 rings (SSSR count). The first-order chi connectivity index (χ1) is 12.3. The second-order valence-corrected chi connectivity index (χ2v) is 8.01. The van der Waals surface area contributed by atoms with Crippen LogP contribution in [0, 0.1) is 6.92 Å². The standard InChI is InChI=1S/C19H24N2O4S/c1-15-8-10-16(11-9-15)19(22)20-12-13-21(26(3,23)24)14-17-6-4-5-7-18(17)25-2/h4-11H,12-14H2,1-3H3,(H,20,22). The molecule has 2 aromatic carbocycles. The minimum absolute atomic E-state index is 0.175. The fourth-order valence-electron chi connectivity index (χ4n) is 2.49. The van der Waals surface area contributed by atoms with Gasteiger partial charge in [0.15, 0.2) is 0 Å². The number of sulfonamides is 1. The van der Waals surface area contributed by atoms with Crippen molar-refractivity contribution in [3.8, 4) is 5.75 Å². The van der Waals surface area contributed by atoms with Gasteiger partial charge >= 0.3 is 0 Å². The minimum atomic E-state index is -3.43. The van der Waals surface area contributed by atoms with Crippen LogP contribution in [0.5, 0.6) is 5.75 Å². The van der Waals surface area contributed by atoms with E-state index in [1.165, 1.54) is 4.31 Å². The Bertz CT molecular complexity index is 848. The summed E-state index contributed by atoms with van der Waals surface area (Å²) in [5, 5.41) is 2.76. The summed E-state index contributed by atoms with van der Waals surface area (Å²) in [5.41, 5.74) is 2.39. The fourth-order valence-corrected chi connectivity index (χ4v) is 3.28. The van der Waals surface area contributed by atoms with Crippen molar-refractivity contribution in [1.29, 1.82) is 0 Å². The molecule has 0 fully saturated rings. The predicted octanol–water partition coefficient (Wildman–Crippen LogP) is 2.20. The van der Waals surface area contributed by atoms with Crippen LogP contribution in [0.4, 0.5) is 0 Å². The Hall–Kier alpha value is -2.38. The van der Waals surface area contributed by atoms with Gasteiger partial charge in [-0.05, 0) is 25.1 Å². The van der Waals surface area contributed by atoms with Gasteiger partial charge in [0.1, 0.15) is 5.75 Å². The second kappa shape index (κ2) is 8.82. The van der Waals surface area contributed by atoms with Crippen molar-refractivity contribution in [2.75, 3.05) is 26.5 Å². The molecular formula is C19H24N2O4S. The lowest BCUT2D eigenvalue weighted by atomic mass is 10.1. The highest BCUT2D eigenvalue weighted by Crippen LogP contribution is 2.20. The summed E-state index contributed by atoms with van der Waals surface area (Å²) in [6, 6.07) is 14.5. The third kappa shape index (κ3) is 5.57. The number of ether oxygens (including phenoxy) is 1. The SMILES string of the molecule is COc1ccccc1CN(CCNC(=O)c1ccc(C)cc1)S(C)(=O)=O.